The highest BCUT2D eigenvalue weighted by Gasteiger charge is 2.32. The Labute approximate surface area is 193 Å². The van der Waals surface area contributed by atoms with Crippen molar-refractivity contribution in [3.05, 3.63) is 75.4 Å². The Morgan fingerprint density at radius 1 is 0.935 bits per heavy atom. The average molecular weight is 473 g/mol. The number of piperidine rings is 1. The van der Waals surface area contributed by atoms with Crippen molar-refractivity contribution in [3.63, 3.8) is 0 Å². The van der Waals surface area contributed by atoms with Crippen molar-refractivity contribution >= 4 is 33.0 Å². The van der Waals surface area contributed by atoms with Crippen LogP contribution >= 0.6 is 22.9 Å². The maximum absolute atomic E-state index is 13.2. The van der Waals surface area contributed by atoms with Crippen LogP contribution < -0.4 is 0 Å². The first-order chi connectivity index (χ1) is 15.0. The lowest BCUT2D eigenvalue weighted by molar-refractivity contribution is 0.127. The fourth-order valence-corrected chi connectivity index (χ4v) is 7.22. The van der Waals surface area contributed by atoms with Gasteiger partial charge in [0, 0.05) is 42.1 Å². The summed E-state index contributed by atoms with van der Waals surface area (Å²) in [7, 11) is -3.47. The van der Waals surface area contributed by atoms with E-state index in [1.54, 1.807) is 16.4 Å². The third-order valence-electron chi connectivity index (χ3n) is 6.43. The van der Waals surface area contributed by atoms with E-state index in [0.29, 0.717) is 29.0 Å². The maximum Gasteiger partial charge on any atom is 0.243 e. The van der Waals surface area contributed by atoms with E-state index >= 15 is 0 Å². The van der Waals surface area contributed by atoms with Crippen LogP contribution in [0.2, 0.25) is 5.02 Å². The summed E-state index contributed by atoms with van der Waals surface area (Å²) in [6.45, 7) is 3.24. The summed E-state index contributed by atoms with van der Waals surface area (Å²) in [6.07, 6.45) is 2.89. The molecule has 4 nitrogen and oxygen atoms in total. The van der Waals surface area contributed by atoms with Crippen LogP contribution in [0.1, 0.15) is 23.3 Å². The normalized spacial score (nSPS) is 18.7. The van der Waals surface area contributed by atoms with Crippen molar-refractivity contribution in [1.29, 1.82) is 0 Å². The number of benzene rings is 2. The monoisotopic (exact) mass is 472 g/mol. The van der Waals surface area contributed by atoms with Crippen LogP contribution in [0.4, 0.5) is 0 Å². The fraction of sp³-hybridized carbons (Fsp3) is 0.333. The molecule has 31 heavy (non-hydrogen) atoms. The summed E-state index contributed by atoms with van der Waals surface area (Å²) in [6, 6.07) is 17.4. The van der Waals surface area contributed by atoms with Gasteiger partial charge in [-0.15, -0.1) is 11.3 Å². The van der Waals surface area contributed by atoms with Crippen molar-refractivity contribution in [2.24, 2.45) is 0 Å². The predicted octanol–water partition coefficient (Wildman–Crippen LogP) is 5.28. The van der Waals surface area contributed by atoms with Crippen molar-refractivity contribution in [3.8, 4) is 11.1 Å². The molecule has 1 fully saturated rings. The number of halogens is 1. The summed E-state index contributed by atoms with van der Waals surface area (Å²) in [5, 5.41) is 2.85. The zero-order chi connectivity index (χ0) is 21.4. The van der Waals surface area contributed by atoms with Gasteiger partial charge in [0.1, 0.15) is 0 Å². The van der Waals surface area contributed by atoms with E-state index in [9.17, 15) is 8.42 Å². The molecule has 0 N–H and O–H groups in total. The van der Waals surface area contributed by atoms with E-state index < -0.39 is 10.0 Å². The second-order valence-corrected chi connectivity index (χ2v) is 11.6. The molecule has 0 unspecified atom stereocenters. The topological polar surface area (TPSA) is 40.6 Å². The maximum atomic E-state index is 13.2. The lowest BCUT2D eigenvalue weighted by Gasteiger charge is -2.39. The largest absolute Gasteiger partial charge is 0.296 e. The Morgan fingerprint density at radius 3 is 2.45 bits per heavy atom. The van der Waals surface area contributed by atoms with E-state index in [1.165, 1.54) is 10.4 Å². The third-order valence-corrected chi connectivity index (χ3v) is 9.60. The quantitative estimate of drug-likeness (QED) is 0.518. The van der Waals surface area contributed by atoms with Crippen molar-refractivity contribution in [2.75, 3.05) is 19.6 Å². The average Bonchev–Trinajstić information content (AvgIpc) is 3.27. The molecule has 162 valence electrons. The molecule has 0 radical (unpaired) electrons. The van der Waals surface area contributed by atoms with Gasteiger partial charge >= 0.3 is 0 Å². The molecule has 0 amide bonds. The van der Waals surface area contributed by atoms with E-state index in [-0.39, 0.29) is 0 Å². The van der Waals surface area contributed by atoms with Gasteiger partial charge in [0.05, 0.1) is 4.90 Å². The van der Waals surface area contributed by atoms with E-state index in [2.05, 4.69) is 16.3 Å². The summed E-state index contributed by atoms with van der Waals surface area (Å²) >= 11 is 7.94. The van der Waals surface area contributed by atoms with Crippen molar-refractivity contribution in [2.45, 2.75) is 36.7 Å². The van der Waals surface area contributed by atoms with Gasteiger partial charge in [0.15, 0.2) is 0 Å². The molecule has 0 aliphatic carbocycles. The van der Waals surface area contributed by atoms with E-state index in [4.69, 9.17) is 11.6 Å². The SMILES string of the molecule is O=S(=O)(c1ccc(-c2cccc(Cl)c2)cc1)N1CCC(N2CCc3sccc3C2)CC1. The van der Waals surface area contributed by atoms with E-state index in [1.807, 2.05) is 47.7 Å². The molecular formula is C24H25ClN2O2S2. The standard InChI is InChI=1S/C24H25ClN2O2S2/c25-21-3-1-2-19(16-21)18-4-6-23(7-5-18)31(28,29)27-13-8-22(9-14-27)26-12-10-24-20(17-26)11-15-30-24/h1-7,11,15-16,22H,8-10,12-14,17H2. The lowest BCUT2D eigenvalue weighted by atomic mass is 10.0. The van der Waals surface area contributed by atoms with Gasteiger partial charge in [-0.2, -0.15) is 4.31 Å². The summed E-state index contributed by atoms with van der Waals surface area (Å²) in [4.78, 5) is 4.41. The van der Waals surface area contributed by atoms with Crippen LogP contribution in [-0.4, -0.2) is 43.3 Å². The highest BCUT2D eigenvalue weighted by atomic mass is 35.5. The van der Waals surface area contributed by atoms with Crippen LogP contribution in [0, 0.1) is 0 Å². The molecule has 3 heterocycles. The Hall–Kier alpha value is -1.70. The molecule has 2 aliphatic heterocycles. The molecule has 0 atom stereocenters. The highest BCUT2D eigenvalue weighted by Crippen LogP contribution is 2.30. The number of fused-ring (bicyclic) bond motifs is 1. The van der Waals surface area contributed by atoms with Gasteiger partial charge in [-0.3, -0.25) is 4.90 Å². The minimum atomic E-state index is -3.47. The number of sulfonamides is 1. The minimum absolute atomic E-state index is 0.359. The molecular weight excluding hydrogens is 448 g/mol. The third kappa shape index (κ3) is 4.32. The lowest BCUT2D eigenvalue weighted by Crippen LogP contribution is -2.47. The Morgan fingerprint density at radius 2 is 1.71 bits per heavy atom. The molecule has 0 bridgehead atoms. The van der Waals surface area contributed by atoms with Gasteiger partial charge in [-0.05, 0) is 71.7 Å². The van der Waals surface area contributed by atoms with Crippen molar-refractivity contribution in [1.82, 2.24) is 9.21 Å². The first-order valence-electron chi connectivity index (χ1n) is 10.7. The molecule has 1 saturated heterocycles. The molecule has 2 aromatic carbocycles. The zero-order valence-corrected chi connectivity index (χ0v) is 19.6. The van der Waals surface area contributed by atoms with Crippen molar-refractivity contribution < 1.29 is 8.42 Å². The molecule has 3 aromatic rings. The Bertz CT molecular complexity index is 1170. The van der Waals surface area contributed by atoms with Gasteiger partial charge in [0.2, 0.25) is 10.0 Å². The number of rotatable bonds is 4. The van der Waals surface area contributed by atoms with Gasteiger partial charge in [-0.25, -0.2) is 8.42 Å². The van der Waals surface area contributed by atoms with Crippen LogP contribution in [0.15, 0.2) is 64.9 Å². The molecule has 7 heteroatoms. The molecule has 0 saturated carbocycles. The molecule has 5 rings (SSSR count). The van der Waals surface area contributed by atoms with E-state index in [0.717, 1.165) is 43.5 Å². The number of hydrogen-bond donors (Lipinski definition) is 0. The molecule has 2 aliphatic rings. The fourth-order valence-electron chi connectivity index (χ4n) is 4.67. The Balaban J connectivity index is 1.25. The Kier molecular flexibility index (Phi) is 5.92. The first-order valence-corrected chi connectivity index (χ1v) is 13.4. The van der Waals surface area contributed by atoms with Gasteiger partial charge in [-0.1, -0.05) is 35.9 Å². The summed E-state index contributed by atoms with van der Waals surface area (Å²) in [5.41, 5.74) is 3.39. The number of thiophene rings is 1. The van der Waals surface area contributed by atoms with Crippen LogP contribution in [-0.2, 0) is 23.0 Å². The zero-order valence-electron chi connectivity index (χ0n) is 17.2. The first kappa shape index (κ1) is 21.2. The second kappa shape index (κ2) is 8.68. The smallest absolute Gasteiger partial charge is 0.243 e. The van der Waals surface area contributed by atoms with Gasteiger partial charge < -0.3 is 0 Å². The van der Waals surface area contributed by atoms with Crippen LogP contribution in [0.3, 0.4) is 0 Å². The number of hydrogen-bond acceptors (Lipinski definition) is 4. The predicted molar refractivity (Wildman–Crippen MR) is 127 cm³/mol. The second-order valence-electron chi connectivity index (χ2n) is 8.26. The number of nitrogens with zero attached hydrogens (tertiary/aromatic N) is 2. The highest BCUT2D eigenvalue weighted by molar-refractivity contribution is 7.89. The minimum Gasteiger partial charge on any atom is -0.296 e. The summed E-state index contributed by atoms with van der Waals surface area (Å²) in [5.74, 6) is 0. The molecule has 0 spiro atoms. The molecule has 1 aromatic heterocycles. The van der Waals surface area contributed by atoms with Gasteiger partial charge in [0.25, 0.3) is 0 Å². The summed E-state index contributed by atoms with van der Waals surface area (Å²) < 4.78 is 28.0. The van der Waals surface area contributed by atoms with Crippen LogP contribution in [0.25, 0.3) is 11.1 Å². The van der Waals surface area contributed by atoms with Crippen LogP contribution in [0.5, 0.6) is 0 Å².